The van der Waals surface area contributed by atoms with Gasteiger partial charge in [-0.1, -0.05) is 24.3 Å². The van der Waals surface area contributed by atoms with E-state index in [0.717, 1.165) is 60.7 Å². The van der Waals surface area contributed by atoms with Gasteiger partial charge in [0, 0.05) is 47.5 Å². The lowest BCUT2D eigenvalue weighted by molar-refractivity contribution is 0.304. The highest BCUT2D eigenvalue weighted by Gasteiger charge is 2.20. The topological polar surface area (TPSA) is 333 Å². The third-order valence-electron chi connectivity index (χ3n) is 8.43. The lowest BCUT2D eigenvalue weighted by atomic mass is 10.1. The van der Waals surface area contributed by atoms with Gasteiger partial charge >= 0.3 is 41.6 Å². The molecule has 2 aromatic heterocycles. The normalized spacial score (nSPS) is 12.2. The molecule has 0 radical (unpaired) electrons. The van der Waals surface area contributed by atoms with Crippen LogP contribution >= 0.6 is 0 Å². The summed E-state index contributed by atoms with van der Waals surface area (Å²) in [5, 5.41) is -0.315. The third-order valence-corrected chi connectivity index (χ3v) is 10.0. The van der Waals surface area contributed by atoms with Crippen LogP contribution in [-0.2, 0) is 54.8 Å². The maximum Gasteiger partial charge on any atom is 0.446 e. The predicted octanol–water partition coefficient (Wildman–Crippen LogP) is 5.12. The number of fused-ring (bicyclic) bond motifs is 2. The molecule has 0 amide bonds. The van der Waals surface area contributed by atoms with Crippen molar-refractivity contribution in [2.24, 2.45) is 0 Å². The maximum atomic E-state index is 13.4. The molecule has 0 unspecified atom stereocenters. The molecule has 26 heteroatoms. The van der Waals surface area contributed by atoms with Crippen molar-refractivity contribution >= 4 is 63.5 Å². The summed E-state index contributed by atoms with van der Waals surface area (Å²) in [7, 11) is -19.7. The van der Waals surface area contributed by atoms with Gasteiger partial charge in [0.05, 0.1) is 0 Å². The minimum Gasteiger partial charge on any atom is -0.488 e. The first-order chi connectivity index (χ1) is 29.9. The molecule has 334 valence electrons. The van der Waals surface area contributed by atoms with Crippen LogP contribution < -0.4 is 37.1 Å². The zero-order valence-electron chi connectivity index (χ0n) is 31.6. The Kier molecular flexibility index (Phi) is 12.1. The SMILES string of the molecule is O=c1cc(-c2ccc(OS(=O)(=O)O)cc2)oc2cc(OS(=O)(=O)O)cc(OCc3ccc(COc4cc(OS(=O)(=O)O)cc5oc(-c6ccc(OS(=O)(=O)O)cc6)cc(=O)c45)cc3)c12. The van der Waals surface area contributed by atoms with Crippen LogP contribution in [0.3, 0.4) is 0 Å². The van der Waals surface area contributed by atoms with Crippen LogP contribution in [0, 0.1) is 0 Å². The van der Waals surface area contributed by atoms with E-state index in [1.165, 1.54) is 24.3 Å². The Labute approximate surface area is 360 Å². The fraction of sp³-hybridized carbons (Fsp3) is 0.0526. The lowest BCUT2D eigenvalue weighted by Gasteiger charge is -2.13. The summed E-state index contributed by atoms with van der Waals surface area (Å²) in [6.45, 7) is -0.470. The lowest BCUT2D eigenvalue weighted by Crippen LogP contribution is -2.09. The predicted molar refractivity (Wildman–Crippen MR) is 220 cm³/mol. The molecular weight excluding hydrogens is 937 g/mol. The van der Waals surface area contributed by atoms with Gasteiger partial charge in [0.15, 0.2) is 22.4 Å². The summed E-state index contributed by atoms with van der Waals surface area (Å²) in [5.74, 6) is -2.09. The molecule has 0 aliphatic rings. The van der Waals surface area contributed by atoms with E-state index in [9.17, 15) is 52.4 Å². The van der Waals surface area contributed by atoms with Gasteiger partial charge in [-0.05, 0) is 59.7 Å². The average Bonchev–Trinajstić information content (AvgIpc) is 3.17. The van der Waals surface area contributed by atoms with Crippen molar-refractivity contribution in [1.29, 1.82) is 0 Å². The molecule has 64 heavy (non-hydrogen) atoms. The number of hydrogen-bond acceptors (Lipinski definition) is 18. The second kappa shape index (κ2) is 17.3. The molecule has 2 heterocycles. The van der Waals surface area contributed by atoms with Gasteiger partial charge in [0.1, 0.15) is 69.7 Å². The summed E-state index contributed by atoms with van der Waals surface area (Å²) in [6, 6.07) is 22.4. The quantitative estimate of drug-likeness (QED) is 0.0913. The number of rotatable bonds is 16. The first-order valence-corrected chi connectivity index (χ1v) is 22.9. The Balaban J connectivity index is 1.12. The molecule has 0 spiro atoms. The number of benzene rings is 5. The molecule has 0 atom stereocenters. The Hall–Kier alpha value is -7.04. The summed E-state index contributed by atoms with van der Waals surface area (Å²) in [5.41, 5.74) is -0.360. The molecule has 22 nitrogen and oxygen atoms in total. The molecule has 7 aromatic rings. The van der Waals surface area contributed by atoms with E-state index < -0.39 is 64.0 Å². The highest BCUT2D eigenvalue weighted by Crippen LogP contribution is 2.35. The molecule has 0 aliphatic heterocycles. The smallest absolute Gasteiger partial charge is 0.446 e. The van der Waals surface area contributed by atoms with Crippen molar-refractivity contribution in [1.82, 2.24) is 0 Å². The maximum absolute atomic E-state index is 13.4. The van der Waals surface area contributed by atoms with Gasteiger partial charge in [-0.3, -0.25) is 27.8 Å². The molecule has 4 N–H and O–H groups in total. The number of ether oxygens (including phenoxy) is 2. The highest BCUT2D eigenvalue weighted by molar-refractivity contribution is 7.82. The fourth-order valence-electron chi connectivity index (χ4n) is 5.95. The van der Waals surface area contributed by atoms with Gasteiger partial charge in [-0.15, -0.1) is 0 Å². The summed E-state index contributed by atoms with van der Waals surface area (Å²) in [6.07, 6.45) is 0. The van der Waals surface area contributed by atoms with Crippen molar-refractivity contribution in [2.75, 3.05) is 0 Å². The fourth-order valence-corrected chi connectivity index (χ4v) is 7.34. The van der Waals surface area contributed by atoms with Crippen LogP contribution in [0.5, 0.6) is 34.5 Å². The Bertz CT molecular complexity index is 3280. The van der Waals surface area contributed by atoms with Crippen molar-refractivity contribution in [3.8, 4) is 57.1 Å². The summed E-state index contributed by atoms with van der Waals surface area (Å²) in [4.78, 5) is 26.8. The van der Waals surface area contributed by atoms with Crippen molar-refractivity contribution in [3.05, 3.63) is 141 Å². The summed E-state index contributed by atoms with van der Waals surface area (Å²) >= 11 is 0. The molecule has 7 rings (SSSR count). The first kappa shape index (κ1) is 45.0. The van der Waals surface area contributed by atoms with E-state index in [1.807, 2.05) is 0 Å². The monoisotopic (exact) mass is 962 g/mol. The molecular formula is C38H26O22S4. The van der Waals surface area contributed by atoms with Crippen LogP contribution in [0.15, 0.2) is 128 Å². The number of hydrogen-bond donors (Lipinski definition) is 4. The first-order valence-electron chi connectivity index (χ1n) is 17.4. The average molecular weight is 963 g/mol. The van der Waals surface area contributed by atoms with E-state index >= 15 is 0 Å². The minimum absolute atomic E-state index is 0.0698. The van der Waals surface area contributed by atoms with Crippen LogP contribution in [0.4, 0.5) is 0 Å². The van der Waals surface area contributed by atoms with Gasteiger partial charge in [0.2, 0.25) is 0 Å². The van der Waals surface area contributed by atoms with Crippen LogP contribution in [0.25, 0.3) is 44.6 Å². The second-order valence-electron chi connectivity index (χ2n) is 13.0. The van der Waals surface area contributed by atoms with E-state index in [-0.39, 0.29) is 80.8 Å². The Morgan fingerprint density at radius 2 is 0.719 bits per heavy atom. The Morgan fingerprint density at radius 1 is 0.406 bits per heavy atom. The van der Waals surface area contributed by atoms with Crippen molar-refractivity contribution in [2.45, 2.75) is 13.2 Å². The van der Waals surface area contributed by atoms with Gasteiger partial charge in [-0.25, -0.2) is 0 Å². The largest absolute Gasteiger partial charge is 0.488 e. The van der Waals surface area contributed by atoms with Gasteiger partial charge in [-0.2, -0.15) is 33.7 Å². The molecule has 0 saturated heterocycles. The highest BCUT2D eigenvalue weighted by atomic mass is 32.3. The van der Waals surface area contributed by atoms with Gasteiger partial charge in [0.25, 0.3) is 0 Å². The van der Waals surface area contributed by atoms with E-state index in [1.54, 1.807) is 24.3 Å². The molecule has 0 bridgehead atoms. The molecule has 5 aromatic carbocycles. The standard InChI is InChI=1S/C38H26O22S4/c39-29-17-31(23-5-9-25(10-6-23)57-61(41,42)43)55-35-15-27(59-63(47,48)49)13-33(37(29)35)53-19-21-1-2-22(4-3-21)20-54-34-14-28(60-64(50,51)52)16-36-38(34)30(40)18-32(56-36)24-7-11-26(12-8-24)58-62(44,45)46/h1-18H,19-20H2,(H,41,42,43)(H,44,45,46)(H,47,48,49)(H,50,51,52). The third kappa shape index (κ3) is 11.7. The van der Waals surface area contributed by atoms with Crippen LogP contribution in [0.2, 0.25) is 0 Å². The minimum atomic E-state index is -5.06. The van der Waals surface area contributed by atoms with Crippen LogP contribution in [0.1, 0.15) is 11.1 Å². The zero-order chi connectivity index (χ0) is 46.2. The van der Waals surface area contributed by atoms with Crippen molar-refractivity contribution in [3.63, 3.8) is 0 Å². The molecule has 0 saturated carbocycles. The summed E-state index contributed by atoms with van der Waals surface area (Å²) < 4.78 is 168. The Morgan fingerprint density at radius 3 is 1.03 bits per heavy atom. The van der Waals surface area contributed by atoms with Gasteiger partial charge < -0.3 is 35.0 Å². The second-order valence-corrected chi connectivity index (χ2v) is 17.1. The zero-order valence-corrected chi connectivity index (χ0v) is 34.8. The van der Waals surface area contributed by atoms with Crippen LogP contribution in [-0.4, -0.2) is 51.9 Å². The van der Waals surface area contributed by atoms with E-state index in [4.69, 9.17) is 27.4 Å². The van der Waals surface area contributed by atoms with Crippen molar-refractivity contribution < 1.29 is 86.9 Å². The van der Waals surface area contributed by atoms with E-state index in [0.29, 0.717) is 11.1 Å². The molecule has 0 fully saturated rings. The molecule has 0 aliphatic carbocycles. The van der Waals surface area contributed by atoms with E-state index in [2.05, 4.69) is 16.7 Å².